The molecule has 0 aliphatic heterocycles. The summed E-state index contributed by atoms with van der Waals surface area (Å²) in [7, 11) is 1.85. The fraction of sp³-hybridized carbons (Fsp3) is 0.714. The van der Waals surface area contributed by atoms with E-state index >= 15 is 0 Å². The molecular formula is C14H24N4. The maximum Gasteiger partial charge on any atom is 0.224 e. The van der Waals surface area contributed by atoms with Gasteiger partial charge in [-0.05, 0) is 31.6 Å². The molecule has 2 N–H and O–H groups in total. The molecule has 0 bridgehead atoms. The van der Waals surface area contributed by atoms with Crippen LogP contribution in [0.4, 0.5) is 11.8 Å². The third kappa shape index (κ3) is 2.92. The second kappa shape index (κ2) is 5.55. The van der Waals surface area contributed by atoms with Crippen molar-refractivity contribution in [3.05, 3.63) is 11.8 Å². The highest BCUT2D eigenvalue weighted by Crippen LogP contribution is 2.40. The minimum atomic E-state index is 0.485. The van der Waals surface area contributed by atoms with Gasteiger partial charge in [0.2, 0.25) is 5.95 Å². The topological polar surface area (TPSA) is 49.8 Å². The molecule has 0 aromatic carbocycles. The molecule has 1 saturated carbocycles. The molecule has 1 aliphatic rings. The van der Waals surface area contributed by atoms with Gasteiger partial charge in [-0.2, -0.15) is 4.98 Å². The summed E-state index contributed by atoms with van der Waals surface area (Å²) in [6, 6.07) is 2.01. The largest absolute Gasteiger partial charge is 0.369 e. The Kier molecular flexibility index (Phi) is 4.04. The molecule has 0 spiro atoms. The molecule has 1 aromatic heterocycles. The van der Waals surface area contributed by atoms with Crippen LogP contribution < -0.4 is 10.6 Å². The Bertz CT molecular complexity index is 397. The Hall–Kier alpha value is -1.32. The molecule has 4 nitrogen and oxygen atoms in total. The summed E-state index contributed by atoms with van der Waals surface area (Å²) in [4.78, 5) is 8.75. The zero-order valence-corrected chi connectivity index (χ0v) is 11.7. The Morgan fingerprint density at radius 2 is 2.00 bits per heavy atom. The van der Waals surface area contributed by atoms with Gasteiger partial charge in [-0.15, -0.1) is 0 Å². The molecule has 1 aliphatic carbocycles. The lowest BCUT2D eigenvalue weighted by Gasteiger charge is -2.28. The number of anilines is 2. The number of aromatic nitrogens is 2. The summed E-state index contributed by atoms with van der Waals surface area (Å²) in [6.07, 6.45) is 6.70. The van der Waals surface area contributed by atoms with E-state index < -0.39 is 0 Å². The van der Waals surface area contributed by atoms with E-state index in [1.165, 1.54) is 32.1 Å². The van der Waals surface area contributed by atoms with Crippen LogP contribution in [0.15, 0.2) is 6.07 Å². The molecule has 1 fully saturated rings. The van der Waals surface area contributed by atoms with Crippen LogP contribution in [0, 0.1) is 12.3 Å². The van der Waals surface area contributed by atoms with E-state index in [9.17, 15) is 0 Å². The molecule has 0 saturated heterocycles. The quantitative estimate of drug-likeness (QED) is 0.840. The van der Waals surface area contributed by atoms with E-state index in [-0.39, 0.29) is 0 Å². The molecular weight excluding hydrogens is 224 g/mol. The van der Waals surface area contributed by atoms with Crippen LogP contribution in [0.5, 0.6) is 0 Å². The predicted molar refractivity (Wildman–Crippen MR) is 76.0 cm³/mol. The van der Waals surface area contributed by atoms with Crippen LogP contribution in [-0.2, 0) is 0 Å². The van der Waals surface area contributed by atoms with E-state index in [0.29, 0.717) is 11.4 Å². The fourth-order valence-corrected chi connectivity index (χ4v) is 2.83. The highest BCUT2D eigenvalue weighted by atomic mass is 15.1. The van der Waals surface area contributed by atoms with Crippen molar-refractivity contribution in [3.8, 4) is 0 Å². The van der Waals surface area contributed by atoms with Crippen LogP contribution in [0.25, 0.3) is 0 Å². The number of aryl methyl sites for hydroxylation is 1. The summed E-state index contributed by atoms with van der Waals surface area (Å²) in [5.41, 5.74) is 1.48. The van der Waals surface area contributed by atoms with Gasteiger partial charge in [-0.25, -0.2) is 4.98 Å². The van der Waals surface area contributed by atoms with Gasteiger partial charge in [0.05, 0.1) is 0 Å². The molecule has 4 heteroatoms. The van der Waals surface area contributed by atoms with Crippen molar-refractivity contribution in [2.45, 2.75) is 46.0 Å². The van der Waals surface area contributed by atoms with Crippen molar-refractivity contribution in [2.75, 3.05) is 24.2 Å². The Morgan fingerprint density at radius 3 is 2.61 bits per heavy atom. The van der Waals surface area contributed by atoms with Gasteiger partial charge in [0.15, 0.2) is 0 Å². The maximum atomic E-state index is 4.45. The van der Waals surface area contributed by atoms with E-state index in [1.807, 2.05) is 20.0 Å². The summed E-state index contributed by atoms with van der Waals surface area (Å²) < 4.78 is 0. The molecule has 0 unspecified atom stereocenters. The lowest BCUT2D eigenvalue weighted by molar-refractivity contribution is 0.306. The van der Waals surface area contributed by atoms with Crippen molar-refractivity contribution in [2.24, 2.45) is 5.41 Å². The second-order valence-corrected chi connectivity index (χ2v) is 5.38. The molecule has 0 atom stereocenters. The second-order valence-electron chi connectivity index (χ2n) is 5.38. The average Bonchev–Trinajstić information content (AvgIpc) is 2.85. The SMILES string of the molecule is CCC1(CNc2cc(C)nc(NC)n2)CCCC1. The van der Waals surface area contributed by atoms with E-state index in [2.05, 4.69) is 27.5 Å². The summed E-state index contributed by atoms with van der Waals surface area (Å²) in [5.74, 6) is 1.63. The monoisotopic (exact) mass is 248 g/mol. The minimum Gasteiger partial charge on any atom is -0.369 e. The lowest BCUT2D eigenvalue weighted by atomic mass is 9.83. The van der Waals surface area contributed by atoms with Crippen molar-refractivity contribution >= 4 is 11.8 Å². The van der Waals surface area contributed by atoms with Gasteiger partial charge in [0, 0.05) is 25.4 Å². The summed E-state index contributed by atoms with van der Waals surface area (Å²) >= 11 is 0. The number of nitrogens with zero attached hydrogens (tertiary/aromatic N) is 2. The highest BCUT2D eigenvalue weighted by Gasteiger charge is 2.31. The van der Waals surface area contributed by atoms with Crippen LogP contribution in [0.2, 0.25) is 0 Å². The molecule has 1 heterocycles. The number of hydrogen-bond acceptors (Lipinski definition) is 4. The number of rotatable bonds is 5. The first-order chi connectivity index (χ1) is 8.67. The van der Waals surface area contributed by atoms with Gasteiger partial charge in [0.1, 0.15) is 5.82 Å². The highest BCUT2D eigenvalue weighted by molar-refractivity contribution is 5.42. The minimum absolute atomic E-state index is 0.485. The smallest absolute Gasteiger partial charge is 0.224 e. The Morgan fingerprint density at radius 1 is 1.28 bits per heavy atom. The standard InChI is InChI=1S/C14H24N4/c1-4-14(7-5-6-8-14)10-16-12-9-11(2)17-13(15-3)18-12/h9H,4-8,10H2,1-3H3,(H2,15,16,17,18). The molecule has 100 valence electrons. The van der Waals surface area contributed by atoms with Gasteiger partial charge in [-0.3, -0.25) is 0 Å². The Balaban J connectivity index is 2.03. The first kappa shape index (κ1) is 13.1. The third-order valence-electron chi connectivity index (χ3n) is 4.14. The zero-order valence-electron chi connectivity index (χ0n) is 11.7. The van der Waals surface area contributed by atoms with Crippen LogP contribution in [0.3, 0.4) is 0 Å². The van der Waals surface area contributed by atoms with Crippen molar-refractivity contribution in [3.63, 3.8) is 0 Å². The van der Waals surface area contributed by atoms with Gasteiger partial charge in [-0.1, -0.05) is 19.8 Å². The van der Waals surface area contributed by atoms with Crippen LogP contribution >= 0.6 is 0 Å². The van der Waals surface area contributed by atoms with Crippen molar-refractivity contribution < 1.29 is 0 Å². The van der Waals surface area contributed by atoms with Gasteiger partial charge >= 0.3 is 0 Å². The Labute approximate surface area is 110 Å². The van der Waals surface area contributed by atoms with Crippen LogP contribution in [0.1, 0.15) is 44.7 Å². The van der Waals surface area contributed by atoms with Crippen molar-refractivity contribution in [1.82, 2.24) is 9.97 Å². The van der Waals surface area contributed by atoms with Gasteiger partial charge < -0.3 is 10.6 Å². The average molecular weight is 248 g/mol. The fourth-order valence-electron chi connectivity index (χ4n) is 2.83. The summed E-state index contributed by atoms with van der Waals surface area (Å²) in [5, 5.41) is 6.50. The maximum absolute atomic E-state index is 4.45. The van der Waals surface area contributed by atoms with Gasteiger partial charge in [0.25, 0.3) is 0 Å². The van der Waals surface area contributed by atoms with E-state index in [1.54, 1.807) is 0 Å². The molecule has 0 radical (unpaired) electrons. The summed E-state index contributed by atoms with van der Waals surface area (Å²) in [6.45, 7) is 5.33. The third-order valence-corrected chi connectivity index (χ3v) is 4.14. The van der Waals surface area contributed by atoms with Crippen LogP contribution in [-0.4, -0.2) is 23.6 Å². The molecule has 18 heavy (non-hydrogen) atoms. The molecule has 0 amide bonds. The predicted octanol–water partition coefficient (Wildman–Crippen LogP) is 3.21. The lowest BCUT2D eigenvalue weighted by Crippen LogP contribution is -2.26. The molecule has 2 rings (SSSR count). The number of nitrogens with one attached hydrogen (secondary N) is 2. The zero-order chi connectivity index (χ0) is 13.0. The number of hydrogen-bond donors (Lipinski definition) is 2. The normalized spacial score (nSPS) is 17.7. The first-order valence-electron chi connectivity index (χ1n) is 6.95. The molecule has 1 aromatic rings. The first-order valence-corrected chi connectivity index (χ1v) is 6.95. The van der Waals surface area contributed by atoms with E-state index in [4.69, 9.17) is 0 Å². The van der Waals surface area contributed by atoms with E-state index in [0.717, 1.165) is 18.1 Å². The van der Waals surface area contributed by atoms with Crippen molar-refractivity contribution in [1.29, 1.82) is 0 Å².